The molecule has 0 bridgehead atoms. The van der Waals surface area contributed by atoms with Crippen LogP contribution in [0.15, 0.2) is 18.7 Å². The van der Waals surface area contributed by atoms with E-state index in [9.17, 15) is 5.11 Å². The third-order valence-electron chi connectivity index (χ3n) is 2.85. The second-order valence-electron chi connectivity index (χ2n) is 4.64. The average Bonchev–Trinajstić information content (AvgIpc) is 3.00. The van der Waals surface area contributed by atoms with Crippen LogP contribution in [0.3, 0.4) is 0 Å². The van der Waals surface area contributed by atoms with E-state index in [1.54, 1.807) is 12.5 Å². The van der Waals surface area contributed by atoms with E-state index in [4.69, 9.17) is 4.74 Å². The second-order valence-corrected chi connectivity index (χ2v) is 4.64. The van der Waals surface area contributed by atoms with Crippen LogP contribution in [0, 0.1) is 5.92 Å². The van der Waals surface area contributed by atoms with Crippen molar-refractivity contribution in [3.8, 4) is 0 Å². The Hall–Kier alpha value is -0.910. The number of nitrogens with zero attached hydrogens (tertiary/aromatic N) is 2. The molecule has 17 heavy (non-hydrogen) atoms. The molecule has 1 aliphatic carbocycles. The van der Waals surface area contributed by atoms with Crippen molar-refractivity contribution in [3.05, 3.63) is 18.7 Å². The summed E-state index contributed by atoms with van der Waals surface area (Å²) in [5.41, 5.74) is 0. The van der Waals surface area contributed by atoms with Crippen molar-refractivity contribution in [1.82, 2.24) is 14.9 Å². The minimum absolute atomic E-state index is 0.406. The second kappa shape index (κ2) is 6.74. The van der Waals surface area contributed by atoms with Gasteiger partial charge in [0.15, 0.2) is 0 Å². The Bertz CT molecular complexity index is 299. The van der Waals surface area contributed by atoms with E-state index >= 15 is 0 Å². The van der Waals surface area contributed by atoms with Gasteiger partial charge in [-0.1, -0.05) is 0 Å². The standard InChI is InChI=1S/C12H21N3O2/c16-12(9-17-8-11-1-2-11)7-13-3-5-15-6-4-14-10-15/h4,6,10-13,16H,1-3,5,7-9H2. The molecule has 1 aromatic rings. The first-order valence-corrected chi connectivity index (χ1v) is 6.27. The summed E-state index contributed by atoms with van der Waals surface area (Å²) in [6, 6.07) is 0. The number of aromatic nitrogens is 2. The quantitative estimate of drug-likeness (QED) is 0.607. The van der Waals surface area contributed by atoms with Gasteiger partial charge in [0.1, 0.15) is 0 Å². The Balaban J connectivity index is 1.43. The van der Waals surface area contributed by atoms with Crippen LogP contribution < -0.4 is 5.32 Å². The molecule has 1 unspecified atom stereocenters. The van der Waals surface area contributed by atoms with Crippen molar-refractivity contribution in [3.63, 3.8) is 0 Å². The summed E-state index contributed by atoms with van der Waals surface area (Å²) in [4.78, 5) is 3.96. The predicted octanol–water partition coefficient (Wildman–Crippen LogP) is 0.260. The highest BCUT2D eigenvalue weighted by atomic mass is 16.5. The Labute approximate surface area is 102 Å². The molecule has 5 heteroatoms. The predicted molar refractivity (Wildman–Crippen MR) is 64.6 cm³/mol. The highest BCUT2D eigenvalue weighted by Crippen LogP contribution is 2.28. The lowest BCUT2D eigenvalue weighted by atomic mass is 10.3. The maximum atomic E-state index is 9.63. The number of hydrogen-bond acceptors (Lipinski definition) is 4. The molecular formula is C12H21N3O2. The summed E-state index contributed by atoms with van der Waals surface area (Å²) >= 11 is 0. The molecule has 0 spiro atoms. The van der Waals surface area contributed by atoms with E-state index in [2.05, 4.69) is 10.3 Å². The number of nitrogens with one attached hydrogen (secondary N) is 1. The van der Waals surface area contributed by atoms with Gasteiger partial charge in [-0.05, 0) is 18.8 Å². The van der Waals surface area contributed by atoms with Gasteiger partial charge in [0.05, 0.1) is 19.0 Å². The first kappa shape index (κ1) is 12.5. The number of hydrogen-bond donors (Lipinski definition) is 2. The molecule has 0 saturated heterocycles. The highest BCUT2D eigenvalue weighted by Gasteiger charge is 2.21. The number of aliphatic hydroxyl groups excluding tert-OH is 1. The highest BCUT2D eigenvalue weighted by molar-refractivity contribution is 4.74. The van der Waals surface area contributed by atoms with Gasteiger partial charge in [0.2, 0.25) is 0 Å². The van der Waals surface area contributed by atoms with Crippen molar-refractivity contribution in [2.45, 2.75) is 25.5 Å². The van der Waals surface area contributed by atoms with Crippen LogP contribution in [0.4, 0.5) is 0 Å². The van der Waals surface area contributed by atoms with Crippen LogP contribution in [0.2, 0.25) is 0 Å². The maximum Gasteiger partial charge on any atom is 0.0946 e. The minimum Gasteiger partial charge on any atom is -0.389 e. The molecule has 5 nitrogen and oxygen atoms in total. The first-order valence-electron chi connectivity index (χ1n) is 6.27. The average molecular weight is 239 g/mol. The monoisotopic (exact) mass is 239 g/mol. The fourth-order valence-electron chi connectivity index (χ4n) is 1.61. The van der Waals surface area contributed by atoms with Gasteiger partial charge < -0.3 is 19.7 Å². The van der Waals surface area contributed by atoms with Gasteiger partial charge in [-0.25, -0.2) is 4.98 Å². The molecule has 2 rings (SSSR count). The largest absolute Gasteiger partial charge is 0.389 e. The molecule has 1 heterocycles. The number of aliphatic hydroxyl groups is 1. The van der Waals surface area contributed by atoms with E-state index < -0.39 is 6.10 Å². The number of rotatable bonds is 9. The van der Waals surface area contributed by atoms with Crippen molar-refractivity contribution >= 4 is 0 Å². The first-order chi connectivity index (χ1) is 8.34. The summed E-state index contributed by atoms with van der Waals surface area (Å²) in [6.45, 7) is 3.53. The van der Waals surface area contributed by atoms with Crippen LogP contribution in [0.25, 0.3) is 0 Å². The van der Waals surface area contributed by atoms with Crippen LogP contribution in [0.1, 0.15) is 12.8 Å². The Kier molecular flexibility index (Phi) is 4.97. The molecule has 0 radical (unpaired) electrons. The zero-order chi connectivity index (χ0) is 11.9. The zero-order valence-corrected chi connectivity index (χ0v) is 10.1. The van der Waals surface area contributed by atoms with E-state index in [1.165, 1.54) is 12.8 Å². The smallest absolute Gasteiger partial charge is 0.0946 e. The minimum atomic E-state index is -0.406. The number of imidazole rings is 1. The summed E-state index contributed by atoms with van der Waals surface area (Å²) in [6.07, 6.45) is 7.66. The number of ether oxygens (including phenoxy) is 1. The molecule has 0 aromatic carbocycles. The SMILES string of the molecule is OC(CNCCn1ccnc1)COCC1CC1. The summed E-state index contributed by atoms with van der Waals surface area (Å²) in [7, 11) is 0. The zero-order valence-electron chi connectivity index (χ0n) is 10.1. The Morgan fingerprint density at radius 2 is 2.41 bits per heavy atom. The van der Waals surface area contributed by atoms with Gasteiger partial charge in [-0.3, -0.25) is 0 Å². The Morgan fingerprint density at radius 3 is 3.12 bits per heavy atom. The fourth-order valence-corrected chi connectivity index (χ4v) is 1.61. The van der Waals surface area contributed by atoms with Crippen molar-refractivity contribution in [1.29, 1.82) is 0 Å². The lowest BCUT2D eigenvalue weighted by Gasteiger charge is -2.12. The van der Waals surface area contributed by atoms with Gasteiger partial charge in [0.25, 0.3) is 0 Å². The lowest BCUT2D eigenvalue weighted by molar-refractivity contribution is 0.0326. The molecule has 0 amide bonds. The summed E-state index contributed by atoms with van der Waals surface area (Å²) in [5.74, 6) is 0.761. The van der Waals surface area contributed by atoms with Crippen molar-refractivity contribution in [2.75, 3.05) is 26.3 Å². The van der Waals surface area contributed by atoms with Crippen LogP contribution in [-0.2, 0) is 11.3 Å². The molecule has 96 valence electrons. The fraction of sp³-hybridized carbons (Fsp3) is 0.750. The van der Waals surface area contributed by atoms with E-state index in [1.807, 2.05) is 10.8 Å². The Morgan fingerprint density at radius 1 is 1.53 bits per heavy atom. The molecule has 0 aliphatic heterocycles. The molecule has 1 fully saturated rings. The van der Waals surface area contributed by atoms with Crippen molar-refractivity contribution in [2.24, 2.45) is 5.92 Å². The lowest BCUT2D eigenvalue weighted by Crippen LogP contribution is -2.32. The van der Waals surface area contributed by atoms with Gasteiger partial charge in [-0.15, -0.1) is 0 Å². The third-order valence-corrected chi connectivity index (χ3v) is 2.85. The summed E-state index contributed by atoms with van der Waals surface area (Å²) in [5, 5.41) is 12.8. The normalized spacial score (nSPS) is 17.2. The molecule has 1 aromatic heterocycles. The van der Waals surface area contributed by atoms with E-state index in [-0.39, 0.29) is 0 Å². The van der Waals surface area contributed by atoms with E-state index in [0.29, 0.717) is 13.2 Å². The van der Waals surface area contributed by atoms with E-state index in [0.717, 1.165) is 25.6 Å². The molecule has 1 atom stereocenters. The topological polar surface area (TPSA) is 59.3 Å². The van der Waals surface area contributed by atoms with Crippen LogP contribution in [-0.4, -0.2) is 47.1 Å². The summed E-state index contributed by atoms with van der Waals surface area (Å²) < 4.78 is 7.42. The van der Waals surface area contributed by atoms with Crippen LogP contribution in [0.5, 0.6) is 0 Å². The molecule has 2 N–H and O–H groups in total. The molecule has 1 aliphatic rings. The van der Waals surface area contributed by atoms with Gasteiger partial charge >= 0.3 is 0 Å². The van der Waals surface area contributed by atoms with Gasteiger partial charge in [-0.2, -0.15) is 0 Å². The molecule has 1 saturated carbocycles. The third kappa shape index (κ3) is 5.30. The molecular weight excluding hydrogens is 218 g/mol. The maximum absolute atomic E-state index is 9.63. The van der Waals surface area contributed by atoms with Crippen molar-refractivity contribution < 1.29 is 9.84 Å². The van der Waals surface area contributed by atoms with Crippen LogP contribution >= 0.6 is 0 Å². The van der Waals surface area contributed by atoms with Gasteiger partial charge in [0, 0.05) is 38.6 Å².